The monoisotopic (exact) mass is 450 g/mol. The van der Waals surface area contributed by atoms with Crippen LogP contribution in [0.3, 0.4) is 0 Å². The van der Waals surface area contributed by atoms with Crippen molar-refractivity contribution >= 4 is 7.32 Å². The van der Waals surface area contributed by atoms with Crippen LogP contribution in [0, 0.1) is 0 Å². The van der Waals surface area contributed by atoms with Crippen LogP contribution < -0.4 is 14.2 Å². The zero-order chi connectivity index (χ0) is 23.7. The van der Waals surface area contributed by atoms with Crippen LogP contribution in [0.5, 0.6) is 17.2 Å². The SMILES string of the molecule is COc1ccc(C(CCCCOB(O)O)(c2ccc(OC)cc2)c2ccc(OC)cc2)cc1. The number of methoxy groups -OCH3 is 3. The number of benzene rings is 3. The van der Waals surface area contributed by atoms with E-state index in [4.69, 9.17) is 28.9 Å². The lowest BCUT2D eigenvalue weighted by molar-refractivity contribution is 0.181. The molecule has 3 aromatic rings. The molecule has 0 bridgehead atoms. The van der Waals surface area contributed by atoms with E-state index in [-0.39, 0.29) is 6.61 Å². The Bertz CT molecular complexity index is 855. The Labute approximate surface area is 195 Å². The van der Waals surface area contributed by atoms with Gasteiger partial charge in [0, 0.05) is 12.0 Å². The molecule has 7 heteroatoms. The summed E-state index contributed by atoms with van der Waals surface area (Å²) >= 11 is 0. The summed E-state index contributed by atoms with van der Waals surface area (Å²) in [6.07, 6.45) is 2.27. The van der Waals surface area contributed by atoms with Gasteiger partial charge >= 0.3 is 7.32 Å². The first-order valence-corrected chi connectivity index (χ1v) is 10.9. The summed E-state index contributed by atoms with van der Waals surface area (Å²) in [5.74, 6) is 2.38. The average molecular weight is 450 g/mol. The molecule has 0 saturated heterocycles. The first kappa shape index (κ1) is 24.6. The Hall–Kier alpha value is -3.00. The highest BCUT2D eigenvalue weighted by molar-refractivity contribution is 6.32. The summed E-state index contributed by atoms with van der Waals surface area (Å²) in [6, 6.07) is 24.4. The Balaban J connectivity index is 2.10. The van der Waals surface area contributed by atoms with E-state index in [1.165, 1.54) is 0 Å². The largest absolute Gasteiger partial charge is 0.633 e. The first-order valence-electron chi connectivity index (χ1n) is 10.9. The lowest BCUT2D eigenvalue weighted by Crippen LogP contribution is -2.30. The van der Waals surface area contributed by atoms with Gasteiger partial charge in [0.25, 0.3) is 0 Å². The third kappa shape index (κ3) is 5.87. The molecule has 2 N–H and O–H groups in total. The second-order valence-electron chi connectivity index (χ2n) is 7.75. The molecule has 0 aliphatic carbocycles. The van der Waals surface area contributed by atoms with Crippen LogP contribution in [0.15, 0.2) is 72.8 Å². The van der Waals surface area contributed by atoms with E-state index < -0.39 is 12.7 Å². The number of hydrogen-bond donors (Lipinski definition) is 2. The molecule has 0 aliphatic heterocycles. The fourth-order valence-electron chi connectivity index (χ4n) is 4.24. The lowest BCUT2D eigenvalue weighted by atomic mass is 9.66. The topological polar surface area (TPSA) is 77.4 Å². The van der Waals surface area contributed by atoms with Crippen molar-refractivity contribution in [1.29, 1.82) is 0 Å². The molecule has 6 nitrogen and oxygen atoms in total. The van der Waals surface area contributed by atoms with Crippen molar-refractivity contribution in [2.75, 3.05) is 27.9 Å². The molecule has 0 atom stereocenters. The molecule has 33 heavy (non-hydrogen) atoms. The van der Waals surface area contributed by atoms with Crippen LogP contribution in [0.4, 0.5) is 0 Å². The van der Waals surface area contributed by atoms with E-state index in [9.17, 15) is 0 Å². The quantitative estimate of drug-likeness (QED) is 0.245. The maximum atomic E-state index is 8.99. The van der Waals surface area contributed by atoms with Crippen LogP contribution in [-0.4, -0.2) is 45.3 Å². The molecule has 0 aliphatic rings. The molecule has 3 aromatic carbocycles. The van der Waals surface area contributed by atoms with E-state index in [1.54, 1.807) is 21.3 Å². The van der Waals surface area contributed by atoms with Gasteiger partial charge in [-0.2, -0.15) is 0 Å². The van der Waals surface area contributed by atoms with Gasteiger partial charge in [-0.3, -0.25) is 0 Å². The molecule has 0 unspecified atom stereocenters. The van der Waals surface area contributed by atoms with Gasteiger partial charge in [0.15, 0.2) is 0 Å². The molecule has 0 radical (unpaired) electrons. The minimum atomic E-state index is -1.75. The number of rotatable bonds is 12. The van der Waals surface area contributed by atoms with Crippen molar-refractivity contribution in [3.05, 3.63) is 89.5 Å². The second-order valence-corrected chi connectivity index (χ2v) is 7.75. The van der Waals surface area contributed by atoms with Gasteiger partial charge in [0.05, 0.1) is 21.3 Å². The van der Waals surface area contributed by atoms with Gasteiger partial charge < -0.3 is 28.9 Å². The van der Waals surface area contributed by atoms with Crippen molar-refractivity contribution in [2.24, 2.45) is 0 Å². The smallest absolute Gasteiger partial charge is 0.497 e. The third-order valence-electron chi connectivity index (χ3n) is 5.96. The predicted octanol–water partition coefficient (Wildman–Crippen LogP) is 4.20. The summed E-state index contributed by atoms with van der Waals surface area (Å²) < 4.78 is 21.1. The normalized spacial score (nSPS) is 11.2. The van der Waals surface area contributed by atoms with Crippen LogP contribution >= 0.6 is 0 Å². The Morgan fingerprint density at radius 3 is 1.27 bits per heavy atom. The van der Waals surface area contributed by atoms with Gasteiger partial charge in [-0.15, -0.1) is 0 Å². The van der Waals surface area contributed by atoms with Crippen LogP contribution in [0.25, 0.3) is 0 Å². The summed E-state index contributed by atoms with van der Waals surface area (Å²) in [5.41, 5.74) is 2.92. The zero-order valence-electron chi connectivity index (χ0n) is 19.4. The highest BCUT2D eigenvalue weighted by Gasteiger charge is 2.36. The van der Waals surface area contributed by atoms with Gasteiger partial charge in [0.2, 0.25) is 0 Å². The summed E-state index contributed by atoms with van der Waals surface area (Å²) in [4.78, 5) is 0. The maximum Gasteiger partial charge on any atom is 0.633 e. The van der Waals surface area contributed by atoms with E-state index in [0.717, 1.165) is 46.8 Å². The molecule has 0 heterocycles. The Kier molecular flexibility index (Phi) is 8.77. The molecule has 0 saturated carbocycles. The fourth-order valence-corrected chi connectivity index (χ4v) is 4.24. The standard InChI is InChI=1S/C26H31BO6/c1-30-23-12-6-20(7-13-23)26(18-4-5-19-33-27(28)29,21-8-14-24(31-2)15-9-21)22-10-16-25(32-3)17-11-22/h6-17,28-29H,4-5,18-19H2,1-3H3. The van der Waals surface area contributed by atoms with Crippen molar-refractivity contribution in [3.63, 3.8) is 0 Å². The molecule has 3 rings (SSSR count). The van der Waals surface area contributed by atoms with E-state index in [1.807, 2.05) is 36.4 Å². The van der Waals surface area contributed by atoms with Crippen molar-refractivity contribution in [2.45, 2.75) is 24.7 Å². The number of hydrogen-bond acceptors (Lipinski definition) is 6. The summed E-state index contributed by atoms with van der Waals surface area (Å²) in [5, 5.41) is 18.0. The van der Waals surface area contributed by atoms with Crippen LogP contribution in [0.2, 0.25) is 0 Å². The van der Waals surface area contributed by atoms with E-state index in [0.29, 0.717) is 6.42 Å². The average Bonchev–Trinajstić information content (AvgIpc) is 2.86. The minimum Gasteiger partial charge on any atom is -0.497 e. The van der Waals surface area contributed by atoms with E-state index >= 15 is 0 Å². The molecular weight excluding hydrogens is 419 g/mol. The van der Waals surface area contributed by atoms with Gasteiger partial charge in [-0.05, 0) is 72.4 Å². The highest BCUT2D eigenvalue weighted by atomic mass is 16.6. The molecule has 0 spiro atoms. The van der Waals surface area contributed by atoms with Gasteiger partial charge in [-0.25, -0.2) is 0 Å². The fraction of sp³-hybridized carbons (Fsp3) is 0.308. The Morgan fingerprint density at radius 2 is 0.970 bits per heavy atom. The molecule has 0 amide bonds. The van der Waals surface area contributed by atoms with E-state index in [2.05, 4.69) is 36.4 Å². The highest BCUT2D eigenvalue weighted by Crippen LogP contribution is 2.44. The molecule has 174 valence electrons. The first-order chi connectivity index (χ1) is 16.0. The number of ether oxygens (including phenoxy) is 3. The number of unbranched alkanes of at least 4 members (excludes halogenated alkanes) is 1. The van der Waals surface area contributed by atoms with Crippen molar-refractivity contribution in [1.82, 2.24) is 0 Å². The predicted molar refractivity (Wildman–Crippen MR) is 129 cm³/mol. The third-order valence-corrected chi connectivity index (χ3v) is 5.96. The zero-order valence-corrected chi connectivity index (χ0v) is 19.4. The molecular formula is C26H31BO6. The van der Waals surface area contributed by atoms with Crippen LogP contribution in [-0.2, 0) is 10.1 Å². The minimum absolute atomic E-state index is 0.265. The van der Waals surface area contributed by atoms with Gasteiger partial charge in [-0.1, -0.05) is 36.4 Å². The summed E-state index contributed by atoms with van der Waals surface area (Å²) in [7, 11) is 3.22. The molecule has 0 aromatic heterocycles. The van der Waals surface area contributed by atoms with Crippen molar-refractivity contribution in [3.8, 4) is 17.2 Å². The van der Waals surface area contributed by atoms with Crippen LogP contribution in [0.1, 0.15) is 36.0 Å². The summed E-state index contributed by atoms with van der Waals surface area (Å²) in [6.45, 7) is 0.265. The second kappa shape index (κ2) is 11.7. The van der Waals surface area contributed by atoms with Crippen molar-refractivity contribution < 1.29 is 28.9 Å². The van der Waals surface area contributed by atoms with Gasteiger partial charge in [0.1, 0.15) is 17.2 Å². The Morgan fingerprint density at radius 1 is 0.606 bits per heavy atom. The lowest BCUT2D eigenvalue weighted by Gasteiger charge is -2.36. The molecule has 0 fully saturated rings. The maximum absolute atomic E-state index is 8.99.